The minimum Gasteiger partial charge on any atom is -0.325 e. The Morgan fingerprint density at radius 3 is 2.76 bits per heavy atom. The Morgan fingerprint density at radius 2 is 2.24 bits per heavy atom. The molecule has 1 aromatic carbocycles. The molecule has 0 spiro atoms. The Kier molecular flexibility index (Phi) is 7.11. The predicted molar refractivity (Wildman–Crippen MR) is 70.2 cm³/mol. The summed E-state index contributed by atoms with van der Waals surface area (Å²) in [6.07, 6.45) is 1.44. The van der Waals surface area contributed by atoms with Crippen molar-refractivity contribution in [3.05, 3.63) is 29.0 Å². The number of benzene rings is 1. The number of anilines is 1. The van der Waals surface area contributed by atoms with Crippen LogP contribution in [-0.2, 0) is 4.79 Å². The highest BCUT2D eigenvalue weighted by atomic mass is 35.5. The Bertz CT molecular complexity index is 388. The van der Waals surface area contributed by atoms with E-state index in [1.165, 1.54) is 18.2 Å². The van der Waals surface area contributed by atoms with Crippen LogP contribution in [0.15, 0.2) is 18.2 Å². The van der Waals surface area contributed by atoms with Crippen molar-refractivity contribution in [2.75, 3.05) is 5.32 Å². The molecule has 0 aromatic heterocycles. The quantitative estimate of drug-likeness (QED) is 0.891. The Labute approximate surface area is 111 Å². The van der Waals surface area contributed by atoms with Crippen molar-refractivity contribution in [1.82, 2.24) is 0 Å². The highest BCUT2D eigenvalue weighted by Crippen LogP contribution is 2.19. The van der Waals surface area contributed by atoms with Gasteiger partial charge in [-0.05, 0) is 24.6 Å². The van der Waals surface area contributed by atoms with Crippen LogP contribution in [-0.4, -0.2) is 11.9 Å². The van der Waals surface area contributed by atoms with E-state index in [1.54, 1.807) is 0 Å². The van der Waals surface area contributed by atoms with Gasteiger partial charge in [-0.15, -0.1) is 12.4 Å². The van der Waals surface area contributed by atoms with Crippen molar-refractivity contribution in [3.8, 4) is 0 Å². The molecule has 17 heavy (non-hydrogen) atoms. The maximum Gasteiger partial charge on any atom is 0.241 e. The molecule has 0 heterocycles. The highest BCUT2D eigenvalue weighted by Gasteiger charge is 2.12. The van der Waals surface area contributed by atoms with E-state index < -0.39 is 11.9 Å². The maximum absolute atomic E-state index is 12.8. The second kappa shape index (κ2) is 7.48. The molecule has 6 heteroatoms. The van der Waals surface area contributed by atoms with Crippen LogP contribution < -0.4 is 11.1 Å². The summed E-state index contributed by atoms with van der Waals surface area (Å²) in [4.78, 5) is 11.5. The number of amides is 1. The van der Waals surface area contributed by atoms with Crippen LogP contribution in [0.5, 0.6) is 0 Å². The zero-order valence-corrected chi connectivity index (χ0v) is 10.9. The number of hydrogen-bond donors (Lipinski definition) is 2. The Hall–Kier alpha value is -0.840. The number of carbonyl (C=O) groups is 1. The van der Waals surface area contributed by atoms with E-state index >= 15 is 0 Å². The molecule has 0 bridgehead atoms. The molecule has 0 aliphatic rings. The summed E-state index contributed by atoms with van der Waals surface area (Å²) >= 11 is 5.58. The standard InChI is InChI=1S/C11H14ClFN2O.ClH/c1-2-3-10(14)11(16)15-7-4-5-9(13)8(12)6-7;/h4-6,10H,2-3,14H2,1H3,(H,15,16);1H. The van der Waals surface area contributed by atoms with Gasteiger partial charge in [0.1, 0.15) is 5.82 Å². The van der Waals surface area contributed by atoms with Gasteiger partial charge in [0.15, 0.2) is 0 Å². The van der Waals surface area contributed by atoms with Crippen molar-refractivity contribution in [2.24, 2.45) is 5.73 Å². The van der Waals surface area contributed by atoms with E-state index in [4.69, 9.17) is 17.3 Å². The summed E-state index contributed by atoms with van der Waals surface area (Å²) in [5, 5.41) is 2.55. The van der Waals surface area contributed by atoms with Gasteiger partial charge in [-0.1, -0.05) is 24.9 Å². The third kappa shape index (κ3) is 4.89. The SMILES string of the molecule is CCCC(N)C(=O)Nc1ccc(F)c(Cl)c1.Cl. The van der Waals surface area contributed by atoms with E-state index in [1.807, 2.05) is 6.92 Å². The summed E-state index contributed by atoms with van der Waals surface area (Å²) in [7, 11) is 0. The molecule has 1 amide bonds. The normalized spacial score (nSPS) is 11.5. The monoisotopic (exact) mass is 280 g/mol. The van der Waals surface area contributed by atoms with Crippen molar-refractivity contribution in [1.29, 1.82) is 0 Å². The first-order chi connectivity index (χ1) is 7.54. The topological polar surface area (TPSA) is 55.1 Å². The molecule has 1 aromatic rings. The van der Waals surface area contributed by atoms with Gasteiger partial charge in [-0.2, -0.15) is 0 Å². The lowest BCUT2D eigenvalue weighted by Crippen LogP contribution is -2.35. The predicted octanol–water partition coefficient (Wildman–Crippen LogP) is 2.97. The lowest BCUT2D eigenvalue weighted by atomic mass is 10.1. The number of rotatable bonds is 4. The fourth-order valence-electron chi connectivity index (χ4n) is 1.25. The minimum absolute atomic E-state index is 0. The van der Waals surface area contributed by atoms with Crippen molar-refractivity contribution in [3.63, 3.8) is 0 Å². The minimum atomic E-state index is -0.547. The average Bonchev–Trinajstić information content (AvgIpc) is 2.24. The molecule has 1 rings (SSSR count). The fraction of sp³-hybridized carbons (Fsp3) is 0.364. The zero-order chi connectivity index (χ0) is 12.1. The van der Waals surface area contributed by atoms with Gasteiger partial charge in [-0.25, -0.2) is 4.39 Å². The number of hydrogen-bond acceptors (Lipinski definition) is 2. The summed E-state index contributed by atoms with van der Waals surface area (Å²) < 4.78 is 12.8. The van der Waals surface area contributed by atoms with E-state index in [9.17, 15) is 9.18 Å². The summed E-state index contributed by atoms with van der Waals surface area (Å²) in [5.41, 5.74) is 6.07. The van der Waals surface area contributed by atoms with Gasteiger partial charge >= 0.3 is 0 Å². The Balaban J connectivity index is 0.00000256. The van der Waals surface area contributed by atoms with E-state index in [0.717, 1.165) is 6.42 Å². The largest absolute Gasteiger partial charge is 0.325 e. The molecule has 3 N–H and O–H groups in total. The van der Waals surface area contributed by atoms with E-state index in [-0.39, 0.29) is 23.3 Å². The second-order valence-corrected chi connectivity index (χ2v) is 3.92. The van der Waals surface area contributed by atoms with Crippen molar-refractivity contribution >= 4 is 35.6 Å². The van der Waals surface area contributed by atoms with Gasteiger partial charge in [0.2, 0.25) is 5.91 Å². The summed E-state index contributed by atoms with van der Waals surface area (Å²) in [5.74, 6) is -0.804. The van der Waals surface area contributed by atoms with Crippen LogP contribution in [0.2, 0.25) is 5.02 Å². The summed E-state index contributed by atoms with van der Waals surface area (Å²) in [6.45, 7) is 1.95. The van der Waals surface area contributed by atoms with Crippen LogP contribution in [0.25, 0.3) is 0 Å². The van der Waals surface area contributed by atoms with E-state index in [0.29, 0.717) is 12.1 Å². The number of nitrogens with two attached hydrogens (primary N) is 1. The first-order valence-electron chi connectivity index (χ1n) is 5.06. The number of halogens is 3. The molecule has 1 unspecified atom stereocenters. The third-order valence-electron chi connectivity index (χ3n) is 2.12. The van der Waals surface area contributed by atoms with Crippen LogP contribution >= 0.6 is 24.0 Å². The third-order valence-corrected chi connectivity index (χ3v) is 2.41. The molecule has 0 aliphatic heterocycles. The molecule has 0 aliphatic carbocycles. The molecule has 3 nitrogen and oxygen atoms in total. The lowest BCUT2D eigenvalue weighted by molar-refractivity contribution is -0.117. The zero-order valence-electron chi connectivity index (χ0n) is 9.37. The maximum atomic E-state index is 12.8. The van der Waals surface area contributed by atoms with Gasteiger partial charge in [0, 0.05) is 5.69 Å². The molecule has 0 fully saturated rings. The van der Waals surface area contributed by atoms with Gasteiger partial charge in [0.25, 0.3) is 0 Å². The Morgan fingerprint density at radius 1 is 1.59 bits per heavy atom. The number of carbonyl (C=O) groups excluding carboxylic acids is 1. The fourth-order valence-corrected chi connectivity index (χ4v) is 1.43. The van der Waals surface area contributed by atoms with Gasteiger partial charge in [0.05, 0.1) is 11.1 Å². The molecule has 96 valence electrons. The van der Waals surface area contributed by atoms with Crippen molar-refractivity contribution in [2.45, 2.75) is 25.8 Å². The van der Waals surface area contributed by atoms with E-state index in [2.05, 4.69) is 5.32 Å². The van der Waals surface area contributed by atoms with Gasteiger partial charge < -0.3 is 11.1 Å². The van der Waals surface area contributed by atoms with Crippen LogP contribution in [0.4, 0.5) is 10.1 Å². The first kappa shape index (κ1) is 16.2. The molecule has 1 atom stereocenters. The molecule has 0 saturated carbocycles. The second-order valence-electron chi connectivity index (χ2n) is 3.51. The molecular formula is C11H15Cl2FN2O. The smallest absolute Gasteiger partial charge is 0.241 e. The van der Waals surface area contributed by atoms with Gasteiger partial charge in [-0.3, -0.25) is 4.79 Å². The molecular weight excluding hydrogens is 266 g/mol. The van der Waals surface area contributed by atoms with Crippen molar-refractivity contribution < 1.29 is 9.18 Å². The lowest BCUT2D eigenvalue weighted by Gasteiger charge is -2.11. The van der Waals surface area contributed by atoms with Crippen LogP contribution in [0.3, 0.4) is 0 Å². The highest BCUT2D eigenvalue weighted by molar-refractivity contribution is 6.31. The molecule has 0 saturated heterocycles. The molecule has 0 radical (unpaired) electrons. The number of nitrogens with one attached hydrogen (secondary N) is 1. The average molecular weight is 281 g/mol. The first-order valence-corrected chi connectivity index (χ1v) is 5.44. The summed E-state index contributed by atoms with van der Waals surface area (Å²) in [6, 6.07) is 3.45. The van der Waals surface area contributed by atoms with Crippen LogP contribution in [0, 0.1) is 5.82 Å². The van der Waals surface area contributed by atoms with Crippen LogP contribution in [0.1, 0.15) is 19.8 Å².